The number of phenolic OH excluding ortho intramolecular Hbond substituents is 1. The first-order valence-electron chi connectivity index (χ1n) is 26.4. The molecule has 1 heterocycles. The van der Waals surface area contributed by atoms with E-state index in [0.717, 1.165) is 41.2 Å². The third kappa shape index (κ3) is 32.8. The number of aliphatic hydroxyl groups is 2. The van der Waals surface area contributed by atoms with Crippen LogP contribution in [0.2, 0.25) is 15.1 Å². The summed E-state index contributed by atoms with van der Waals surface area (Å²) in [7, 11) is 0. The van der Waals surface area contributed by atoms with Crippen molar-refractivity contribution in [3.05, 3.63) is 231 Å². The number of carbonyl (C=O) groups excluding carboxylic acids is 2. The maximum Gasteiger partial charge on any atom is 0.407 e. The molecule has 18 heteroatoms. The van der Waals surface area contributed by atoms with Gasteiger partial charge in [-0.1, -0.05) is 156 Å². The molecule has 9 N–H and O–H groups in total. The maximum absolute atomic E-state index is 11.9. The smallest absolute Gasteiger partial charge is 0.407 e. The van der Waals surface area contributed by atoms with Crippen LogP contribution < -0.4 is 31.6 Å². The van der Waals surface area contributed by atoms with Crippen molar-refractivity contribution in [2.45, 2.75) is 90.0 Å². The average molecular weight is 1220 g/mol. The number of rotatable bonds is 14. The lowest BCUT2D eigenvalue weighted by atomic mass is 10.1. The predicted molar refractivity (Wildman–Crippen MR) is 341 cm³/mol. The van der Waals surface area contributed by atoms with Gasteiger partial charge in [0.05, 0.1) is 25.3 Å². The van der Waals surface area contributed by atoms with Gasteiger partial charge in [-0.2, -0.15) is 0 Å². The lowest BCUT2D eigenvalue weighted by Gasteiger charge is -2.23. The van der Waals surface area contributed by atoms with E-state index in [2.05, 4.69) is 10.6 Å². The molecule has 0 spiro atoms. The number of nitrogens with two attached hydrogens (primary N) is 2. The van der Waals surface area contributed by atoms with Crippen LogP contribution in [0.5, 0.6) is 17.2 Å². The molecule has 0 aliphatic carbocycles. The summed E-state index contributed by atoms with van der Waals surface area (Å²) in [5.74, 6) is 1.70. The first-order valence-corrected chi connectivity index (χ1v) is 27.5. The lowest BCUT2D eigenvalue weighted by Crippen LogP contribution is -2.35. The fraction of sp³-hybridized carbons (Fsp3) is 0.312. The number of phenols is 1. The summed E-state index contributed by atoms with van der Waals surface area (Å²) < 4.78 is 27.1. The molecule has 1 saturated heterocycles. The number of ether oxygens (including phenoxy) is 5. The largest absolute Gasteiger partial charge is 0.508 e. The van der Waals surface area contributed by atoms with Gasteiger partial charge in [-0.15, -0.1) is 12.4 Å². The van der Waals surface area contributed by atoms with Crippen LogP contribution in [0.25, 0.3) is 0 Å². The van der Waals surface area contributed by atoms with Crippen molar-refractivity contribution >= 4 is 59.4 Å². The number of carbonyl (C=O) groups is 2. The Morgan fingerprint density at radius 2 is 0.829 bits per heavy atom. The molecule has 4 unspecified atom stereocenters. The third-order valence-electron chi connectivity index (χ3n) is 10.7. The molecule has 14 nitrogen and oxygen atoms in total. The Morgan fingerprint density at radius 3 is 1.16 bits per heavy atom. The summed E-state index contributed by atoms with van der Waals surface area (Å²) in [4.78, 5) is 23.2. The van der Waals surface area contributed by atoms with Gasteiger partial charge in [0.15, 0.2) is 0 Å². The highest BCUT2D eigenvalue weighted by Gasteiger charge is 2.20. The first kappa shape index (κ1) is 71.5. The van der Waals surface area contributed by atoms with Crippen molar-refractivity contribution in [2.24, 2.45) is 11.5 Å². The monoisotopic (exact) mass is 1210 g/mol. The van der Waals surface area contributed by atoms with E-state index in [1.807, 2.05) is 142 Å². The number of aromatic hydroxyl groups is 1. The van der Waals surface area contributed by atoms with Gasteiger partial charge >= 0.3 is 12.2 Å². The topological polar surface area (TPSA) is 217 Å². The van der Waals surface area contributed by atoms with Gasteiger partial charge in [0, 0.05) is 47.1 Å². The van der Waals surface area contributed by atoms with Crippen LogP contribution in [0.4, 0.5) is 9.59 Å². The van der Waals surface area contributed by atoms with Gasteiger partial charge in [-0.05, 0) is 149 Å². The van der Waals surface area contributed by atoms with Gasteiger partial charge in [-0.25, -0.2) is 9.59 Å². The van der Waals surface area contributed by atoms with E-state index in [-0.39, 0.29) is 49.2 Å². The quantitative estimate of drug-likeness (QED) is 0.0541. The van der Waals surface area contributed by atoms with E-state index in [9.17, 15) is 19.8 Å². The molecule has 2 amide bonds. The molecule has 8 rings (SSSR count). The van der Waals surface area contributed by atoms with E-state index in [4.69, 9.17) is 75.1 Å². The molecular formula is C64H88Cl4N4O10. The van der Waals surface area contributed by atoms with Crippen molar-refractivity contribution < 1.29 is 54.3 Å². The Hall–Kier alpha value is -6.56. The number of nitrogens with one attached hydrogen (secondary N) is 2. The summed E-state index contributed by atoms with van der Waals surface area (Å²) in [6.45, 7) is 14.0. The molecule has 7 aromatic rings. The first-order chi connectivity index (χ1) is 38.6. The molecule has 0 radical (unpaired) electrons. The van der Waals surface area contributed by atoms with Crippen LogP contribution in [-0.2, 0) is 14.2 Å². The van der Waals surface area contributed by atoms with Gasteiger partial charge in [0.2, 0.25) is 0 Å². The zero-order chi connectivity index (χ0) is 59.5. The van der Waals surface area contributed by atoms with E-state index < -0.39 is 35.6 Å². The molecule has 7 aromatic carbocycles. The molecule has 452 valence electrons. The number of halogens is 4. The van der Waals surface area contributed by atoms with Gasteiger partial charge in [0.25, 0.3) is 0 Å². The molecule has 82 heavy (non-hydrogen) atoms. The Bertz CT molecular complexity index is 2740. The number of hydrogen-bond donors (Lipinski definition) is 7. The standard InChI is InChI=1S/C19H22ClNO3.C14H14ClNO.C13H19NO3.C8H11NO.C6H5ClO.C4H8O.ClH.4H2/c1-19(2,3)24-18(22)21-13-17(14-7-5-4-6-8-14)23-16-11-9-15(20)10-12-16;15-12-6-8-13(9-7-12)17-14(10-16)11-4-2-1-3-5-11;1-13(2,3)17-12(16)14-9-11(15)10-7-5-4-6-8-10;9-6-8(10)7-4-2-1-3-5-7;7-5-1-3-6(8)4-2-5;1-2-4-5-3-1;;;;;/h4-12,17H,13H2,1-3H3,(H,21,22);1-9,14H,10,16H2;4-8,11,15H,9H2,1-3H3,(H,14,16);1-5,8,10H,6,9H2;1-4,8H;1-4H2;5*1H. The van der Waals surface area contributed by atoms with E-state index in [0.29, 0.717) is 33.9 Å². The van der Waals surface area contributed by atoms with E-state index >= 15 is 0 Å². The fourth-order valence-electron chi connectivity index (χ4n) is 6.71. The SMILES string of the molecule is C1CCOC1.CC(C)(C)OC(=O)NCC(O)c1ccccc1.CC(C)(C)OC(=O)NCC(Oc1ccc(Cl)cc1)c1ccccc1.Cl.NCC(O)c1ccccc1.NCC(Oc1ccc(Cl)cc1)c1ccccc1.Oc1ccc(Cl)cc1.[HH].[HH].[HH].[HH]. The molecule has 0 bridgehead atoms. The highest BCUT2D eigenvalue weighted by Crippen LogP contribution is 2.25. The average Bonchev–Trinajstić information content (AvgIpc) is 4.21. The number of benzene rings is 7. The van der Waals surface area contributed by atoms with Gasteiger partial charge in [-0.3, -0.25) is 0 Å². The summed E-state index contributed by atoms with van der Waals surface area (Å²) in [6.07, 6.45) is -0.127. The van der Waals surface area contributed by atoms with E-state index in [1.165, 1.54) is 12.8 Å². The minimum Gasteiger partial charge on any atom is -0.508 e. The maximum atomic E-state index is 11.9. The Kier molecular flexibility index (Phi) is 34.7. The van der Waals surface area contributed by atoms with Crippen LogP contribution in [0.15, 0.2) is 194 Å². The number of aliphatic hydroxyl groups excluding tert-OH is 2. The lowest BCUT2D eigenvalue weighted by molar-refractivity contribution is 0.0485. The van der Waals surface area contributed by atoms with Crippen LogP contribution in [0.3, 0.4) is 0 Å². The van der Waals surface area contributed by atoms with Crippen molar-refractivity contribution in [3.63, 3.8) is 0 Å². The molecular weight excluding hydrogens is 1130 g/mol. The van der Waals surface area contributed by atoms with E-state index in [1.54, 1.807) is 93.6 Å². The van der Waals surface area contributed by atoms with Crippen molar-refractivity contribution in [3.8, 4) is 17.2 Å². The molecule has 0 aromatic heterocycles. The second-order valence-electron chi connectivity index (χ2n) is 19.8. The van der Waals surface area contributed by atoms with Crippen molar-refractivity contribution in [2.75, 3.05) is 39.4 Å². The predicted octanol–water partition coefficient (Wildman–Crippen LogP) is 15.6. The summed E-state index contributed by atoms with van der Waals surface area (Å²) in [6, 6.07) is 59.0. The second kappa shape index (κ2) is 39.8. The van der Waals surface area contributed by atoms with Gasteiger partial charge < -0.3 is 61.1 Å². The Morgan fingerprint density at radius 1 is 0.500 bits per heavy atom. The van der Waals surface area contributed by atoms with Crippen LogP contribution >= 0.6 is 47.2 Å². The summed E-state index contributed by atoms with van der Waals surface area (Å²) >= 11 is 17.2. The molecule has 4 atom stereocenters. The fourth-order valence-corrected chi connectivity index (χ4v) is 7.09. The van der Waals surface area contributed by atoms with Crippen LogP contribution in [0.1, 0.15) is 107 Å². The molecule has 1 aliphatic rings. The third-order valence-corrected chi connectivity index (χ3v) is 11.4. The minimum atomic E-state index is -0.719. The zero-order valence-electron chi connectivity index (χ0n) is 47.3. The minimum absolute atomic E-state index is 0. The van der Waals surface area contributed by atoms with Crippen LogP contribution in [0, 0.1) is 0 Å². The summed E-state index contributed by atoms with van der Waals surface area (Å²) in [5.41, 5.74) is 13.6. The highest BCUT2D eigenvalue weighted by atomic mass is 35.5. The molecule has 0 saturated carbocycles. The molecule has 1 aliphatic heterocycles. The van der Waals surface area contributed by atoms with Crippen LogP contribution in [-0.4, -0.2) is 78.1 Å². The highest BCUT2D eigenvalue weighted by molar-refractivity contribution is 6.31. The van der Waals surface area contributed by atoms with Gasteiger partial charge in [0.1, 0.15) is 40.7 Å². The molecule has 1 fully saturated rings. The Labute approximate surface area is 511 Å². The zero-order valence-corrected chi connectivity index (χ0v) is 50.4. The second-order valence-corrected chi connectivity index (χ2v) is 21.1. The normalized spacial score (nSPS) is 12.7. The van der Waals surface area contributed by atoms with Crippen molar-refractivity contribution in [1.82, 2.24) is 10.6 Å². The number of hydrogen-bond acceptors (Lipinski definition) is 12. The van der Waals surface area contributed by atoms with Crippen molar-refractivity contribution in [1.29, 1.82) is 0 Å². The number of alkyl carbamates (subject to hydrolysis) is 2. The Balaban J connectivity index is -0.00000100. The summed E-state index contributed by atoms with van der Waals surface area (Å²) in [5, 5.41) is 35.0. The number of amides is 2.